The Kier molecular flexibility index (Phi) is 5.20. The summed E-state index contributed by atoms with van der Waals surface area (Å²) in [5.41, 5.74) is 2.28. The zero-order valence-electron chi connectivity index (χ0n) is 13.5. The van der Waals surface area contributed by atoms with E-state index in [0.717, 1.165) is 11.1 Å². The van der Waals surface area contributed by atoms with E-state index in [2.05, 4.69) is 0 Å². The molecule has 1 aromatic rings. The molecule has 0 saturated heterocycles. The summed E-state index contributed by atoms with van der Waals surface area (Å²) in [6, 6.07) is 5.64. The molecule has 1 aromatic carbocycles. The van der Waals surface area contributed by atoms with Crippen LogP contribution in [0.4, 0.5) is 8.78 Å². The van der Waals surface area contributed by atoms with Crippen molar-refractivity contribution in [1.82, 2.24) is 0 Å². The SMILES string of the molecule is Cc1cccc(C2CCC(F)(F)CC2)c1C(=O)OCC(C)C. The molecule has 1 saturated carbocycles. The Morgan fingerprint density at radius 2 is 1.95 bits per heavy atom. The van der Waals surface area contributed by atoms with E-state index in [1.54, 1.807) is 0 Å². The molecule has 0 bridgehead atoms. The van der Waals surface area contributed by atoms with Gasteiger partial charge in [0, 0.05) is 12.8 Å². The first-order chi connectivity index (χ1) is 10.3. The Bertz CT molecular complexity index is 528. The molecule has 0 aliphatic heterocycles. The molecule has 22 heavy (non-hydrogen) atoms. The van der Waals surface area contributed by atoms with Crippen LogP contribution in [0.25, 0.3) is 0 Å². The number of halogens is 2. The third-order valence-corrected chi connectivity index (χ3v) is 4.21. The molecule has 1 fully saturated rings. The first-order valence-corrected chi connectivity index (χ1v) is 7.94. The minimum atomic E-state index is -2.56. The van der Waals surface area contributed by atoms with E-state index in [1.165, 1.54) is 0 Å². The molecule has 0 amide bonds. The van der Waals surface area contributed by atoms with Crippen LogP contribution in [-0.2, 0) is 4.74 Å². The number of rotatable bonds is 4. The minimum Gasteiger partial charge on any atom is -0.462 e. The van der Waals surface area contributed by atoms with Gasteiger partial charge in [0.25, 0.3) is 0 Å². The number of alkyl halides is 2. The van der Waals surface area contributed by atoms with Gasteiger partial charge in [-0.3, -0.25) is 0 Å². The van der Waals surface area contributed by atoms with E-state index in [4.69, 9.17) is 4.74 Å². The lowest BCUT2D eigenvalue weighted by Crippen LogP contribution is -2.25. The van der Waals surface area contributed by atoms with Gasteiger partial charge in [-0.05, 0) is 42.7 Å². The maximum Gasteiger partial charge on any atom is 0.338 e. The van der Waals surface area contributed by atoms with Crippen LogP contribution in [0.2, 0.25) is 0 Å². The van der Waals surface area contributed by atoms with Crippen LogP contribution in [0.1, 0.15) is 66.9 Å². The number of aryl methyl sites for hydroxylation is 1. The van der Waals surface area contributed by atoms with Crippen molar-refractivity contribution >= 4 is 5.97 Å². The zero-order valence-corrected chi connectivity index (χ0v) is 13.5. The number of carbonyl (C=O) groups excluding carboxylic acids is 1. The lowest BCUT2D eigenvalue weighted by Gasteiger charge is -2.29. The third kappa shape index (κ3) is 4.05. The van der Waals surface area contributed by atoms with Crippen LogP contribution < -0.4 is 0 Å². The second kappa shape index (κ2) is 6.76. The van der Waals surface area contributed by atoms with Gasteiger partial charge in [0.1, 0.15) is 0 Å². The topological polar surface area (TPSA) is 26.3 Å². The molecule has 0 aromatic heterocycles. The number of hydrogen-bond donors (Lipinski definition) is 0. The lowest BCUT2D eigenvalue weighted by atomic mass is 9.79. The van der Waals surface area contributed by atoms with Crippen LogP contribution in [0, 0.1) is 12.8 Å². The molecule has 4 heteroatoms. The van der Waals surface area contributed by atoms with Crippen LogP contribution in [-0.4, -0.2) is 18.5 Å². The summed E-state index contributed by atoms with van der Waals surface area (Å²) in [5.74, 6) is -2.61. The average molecular weight is 310 g/mol. The van der Waals surface area contributed by atoms with Gasteiger partial charge >= 0.3 is 5.97 Å². The first-order valence-electron chi connectivity index (χ1n) is 7.94. The van der Waals surface area contributed by atoms with E-state index in [-0.39, 0.29) is 30.6 Å². The fraction of sp³-hybridized carbons (Fsp3) is 0.611. The van der Waals surface area contributed by atoms with Crippen LogP contribution in [0.15, 0.2) is 18.2 Å². The summed E-state index contributed by atoms with van der Waals surface area (Å²) in [7, 11) is 0. The fourth-order valence-corrected chi connectivity index (χ4v) is 2.98. The van der Waals surface area contributed by atoms with E-state index in [1.807, 2.05) is 39.0 Å². The monoisotopic (exact) mass is 310 g/mol. The number of esters is 1. The summed E-state index contributed by atoms with van der Waals surface area (Å²) in [4.78, 5) is 12.4. The van der Waals surface area contributed by atoms with Crippen LogP contribution in [0.5, 0.6) is 0 Å². The summed E-state index contributed by atoms with van der Waals surface area (Å²) >= 11 is 0. The summed E-state index contributed by atoms with van der Waals surface area (Å²) in [6.07, 6.45) is 0.625. The maximum atomic E-state index is 13.3. The van der Waals surface area contributed by atoms with E-state index < -0.39 is 5.92 Å². The Labute approximate surface area is 130 Å². The molecular weight excluding hydrogens is 286 g/mol. The highest BCUT2D eigenvalue weighted by Crippen LogP contribution is 2.42. The Morgan fingerprint density at radius 3 is 2.55 bits per heavy atom. The van der Waals surface area contributed by atoms with Gasteiger partial charge in [0.15, 0.2) is 0 Å². The Morgan fingerprint density at radius 1 is 1.32 bits per heavy atom. The second-order valence-corrected chi connectivity index (χ2v) is 6.66. The van der Waals surface area contributed by atoms with Crippen molar-refractivity contribution in [3.05, 3.63) is 34.9 Å². The average Bonchev–Trinajstić information content (AvgIpc) is 2.44. The van der Waals surface area contributed by atoms with Gasteiger partial charge < -0.3 is 4.74 Å². The van der Waals surface area contributed by atoms with Gasteiger partial charge in [0.2, 0.25) is 5.92 Å². The van der Waals surface area contributed by atoms with E-state index in [0.29, 0.717) is 25.0 Å². The van der Waals surface area contributed by atoms with Crippen LogP contribution >= 0.6 is 0 Å². The van der Waals surface area contributed by atoms with Crippen molar-refractivity contribution in [2.75, 3.05) is 6.61 Å². The zero-order chi connectivity index (χ0) is 16.3. The van der Waals surface area contributed by atoms with Crippen molar-refractivity contribution < 1.29 is 18.3 Å². The van der Waals surface area contributed by atoms with Crippen LogP contribution in [0.3, 0.4) is 0 Å². The highest BCUT2D eigenvalue weighted by molar-refractivity contribution is 5.93. The predicted octanol–water partition coefficient (Wildman–Crippen LogP) is 5.10. The standard InChI is InChI=1S/C18H24F2O2/c1-12(2)11-22-17(21)16-13(3)5-4-6-15(16)14-7-9-18(19,20)10-8-14/h4-6,12,14H,7-11H2,1-3H3. The molecule has 0 heterocycles. The molecule has 1 aliphatic rings. The number of ether oxygens (including phenoxy) is 1. The molecule has 0 N–H and O–H groups in total. The molecule has 0 radical (unpaired) electrons. The largest absolute Gasteiger partial charge is 0.462 e. The van der Waals surface area contributed by atoms with E-state index >= 15 is 0 Å². The van der Waals surface area contributed by atoms with E-state index in [9.17, 15) is 13.6 Å². The lowest BCUT2D eigenvalue weighted by molar-refractivity contribution is -0.0382. The van der Waals surface area contributed by atoms with Gasteiger partial charge in [-0.2, -0.15) is 0 Å². The minimum absolute atomic E-state index is 0.0149. The van der Waals surface area contributed by atoms with Gasteiger partial charge in [-0.25, -0.2) is 13.6 Å². The molecular formula is C18H24F2O2. The smallest absolute Gasteiger partial charge is 0.338 e. The second-order valence-electron chi connectivity index (χ2n) is 6.66. The highest BCUT2D eigenvalue weighted by atomic mass is 19.3. The molecule has 2 nitrogen and oxygen atoms in total. The molecule has 2 rings (SSSR count). The quantitative estimate of drug-likeness (QED) is 0.723. The first kappa shape index (κ1) is 16.9. The molecule has 0 unspecified atom stereocenters. The summed E-state index contributed by atoms with van der Waals surface area (Å²) in [6.45, 7) is 6.20. The predicted molar refractivity (Wildman–Crippen MR) is 82.5 cm³/mol. The van der Waals surface area contributed by atoms with Gasteiger partial charge in [-0.15, -0.1) is 0 Å². The number of carbonyl (C=O) groups is 1. The highest BCUT2D eigenvalue weighted by Gasteiger charge is 2.36. The molecule has 122 valence electrons. The van der Waals surface area contributed by atoms with Crippen molar-refractivity contribution in [3.63, 3.8) is 0 Å². The number of benzene rings is 1. The Balaban J connectivity index is 2.21. The fourth-order valence-electron chi connectivity index (χ4n) is 2.98. The molecule has 0 spiro atoms. The normalized spacial score (nSPS) is 18.5. The molecule has 0 atom stereocenters. The molecule has 1 aliphatic carbocycles. The number of hydrogen-bond acceptors (Lipinski definition) is 2. The van der Waals surface area contributed by atoms with Gasteiger partial charge in [-0.1, -0.05) is 32.0 Å². The van der Waals surface area contributed by atoms with Gasteiger partial charge in [0.05, 0.1) is 12.2 Å². The van der Waals surface area contributed by atoms with Crippen molar-refractivity contribution in [1.29, 1.82) is 0 Å². The van der Waals surface area contributed by atoms with Crippen molar-refractivity contribution in [3.8, 4) is 0 Å². The van der Waals surface area contributed by atoms with Crippen molar-refractivity contribution in [2.45, 2.75) is 58.3 Å². The third-order valence-electron chi connectivity index (χ3n) is 4.21. The summed E-state index contributed by atoms with van der Waals surface area (Å²) < 4.78 is 32.1. The summed E-state index contributed by atoms with van der Waals surface area (Å²) in [5, 5.41) is 0. The maximum absolute atomic E-state index is 13.3. The Hall–Kier alpha value is -1.45. The van der Waals surface area contributed by atoms with Crippen molar-refractivity contribution in [2.24, 2.45) is 5.92 Å².